The van der Waals surface area contributed by atoms with Gasteiger partial charge in [-0.25, -0.2) is 0 Å². The molecule has 0 aliphatic heterocycles. The Hall–Kier alpha value is -0.610. The first-order valence-electron chi connectivity index (χ1n) is 7.73. The Bertz CT molecular complexity index is 283. The maximum Gasteiger partial charge on any atom is 0.326 e. The summed E-state index contributed by atoms with van der Waals surface area (Å²) in [7, 11) is 1.88. The molecule has 1 aliphatic carbocycles. The second-order valence-corrected chi connectivity index (χ2v) is 5.43. The number of unbranched alkanes of at least 4 members (excludes halogenated alkanes) is 1. The Balaban J connectivity index is 2.64. The van der Waals surface area contributed by atoms with Gasteiger partial charge in [-0.05, 0) is 52.7 Å². The average molecular weight is 270 g/mol. The minimum atomic E-state index is -0.458. The second-order valence-electron chi connectivity index (χ2n) is 5.43. The van der Waals surface area contributed by atoms with E-state index < -0.39 is 5.54 Å². The third-order valence-corrected chi connectivity index (χ3v) is 4.35. The van der Waals surface area contributed by atoms with Crippen LogP contribution in [0.2, 0.25) is 0 Å². The quantitative estimate of drug-likeness (QED) is 0.686. The third kappa shape index (κ3) is 3.93. The summed E-state index contributed by atoms with van der Waals surface area (Å²) in [6.45, 7) is 8.96. The molecule has 1 rings (SSSR count). The van der Waals surface area contributed by atoms with Crippen LogP contribution in [-0.2, 0) is 9.53 Å². The zero-order valence-electron chi connectivity index (χ0n) is 13.0. The lowest BCUT2D eigenvalue weighted by Crippen LogP contribution is -2.50. The molecule has 1 fully saturated rings. The molecule has 2 atom stereocenters. The number of hydrogen-bond donors (Lipinski definition) is 1. The number of nitrogens with one attached hydrogen (secondary N) is 1. The molecular formula is C15H30N2O2. The number of hydrogen-bond acceptors (Lipinski definition) is 4. The summed E-state index contributed by atoms with van der Waals surface area (Å²) in [6.07, 6.45) is 5.29. The van der Waals surface area contributed by atoms with E-state index in [-0.39, 0.29) is 5.97 Å². The number of ether oxygens (including phenoxy) is 1. The highest BCUT2D eigenvalue weighted by Gasteiger charge is 2.46. The van der Waals surface area contributed by atoms with E-state index in [0.29, 0.717) is 12.6 Å². The van der Waals surface area contributed by atoms with Gasteiger partial charge in [0, 0.05) is 6.04 Å². The lowest BCUT2D eigenvalue weighted by atomic mass is 9.97. The molecule has 1 N–H and O–H groups in total. The fourth-order valence-corrected chi connectivity index (χ4v) is 3.07. The molecule has 0 spiro atoms. The SMILES string of the molecule is CCCCN(CC)C1CCC(NC)(C(=O)OCC)C1. The average Bonchev–Trinajstić information content (AvgIpc) is 2.86. The Morgan fingerprint density at radius 1 is 1.42 bits per heavy atom. The normalized spacial score (nSPS) is 26.9. The molecule has 4 heteroatoms. The highest BCUT2D eigenvalue weighted by atomic mass is 16.5. The fourth-order valence-electron chi connectivity index (χ4n) is 3.07. The highest BCUT2D eigenvalue weighted by molar-refractivity contribution is 5.81. The monoisotopic (exact) mass is 270 g/mol. The number of nitrogens with zero attached hydrogens (tertiary/aromatic N) is 1. The van der Waals surface area contributed by atoms with Crippen molar-refractivity contribution in [3.05, 3.63) is 0 Å². The minimum absolute atomic E-state index is 0.0773. The summed E-state index contributed by atoms with van der Waals surface area (Å²) in [5, 5.41) is 3.23. The molecule has 19 heavy (non-hydrogen) atoms. The first kappa shape index (κ1) is 16.4. The van der Waals surface area contributed by atoms with Crippen LogP contribution in [0, 0.1) is 0 Å². The van der Waals surface area contributed by atoms with E-state index in [4.69, 9.17) is 4.74 Å². The van der Waals surface area contributed by atoms with E-state index in [1.54, 1.807) is 0 Å². The van der Waals surface area contributed by atoms with Gasteiger partial charge in [0.2, 0.25) is 0 Å². The second kappa shape index (κ2) is 7.85. The van der Waals surface area contributed by atoms with Crippen molar-refractivity contribution in [3.8, 4) is 0 Å². The molecule has 1 aliphatic rings. The lowest BCUT2D eigenvalue weighted by molar-refractivity contribution is -0.151. The zero-order chi connectivity index (χ0) is 14.3. The summed E-state index contributed by atoms with van der Waals surface area (Å²) in [4.78, 5) is 14.7. The van der Waals surface area contributed by atoms with Crippen LogP contribution in [0.15, 0.2) is 0 Å². The first-order valence-corrected chi connectivity index (χ1v) is 7.73. The predicted octanol–water partition coefficient (Wildman–Crippen LogP) is 2.18. The van der Waals surface area contributed by atoms with E-state index in [2.05, 4.69) is 24.1 Å². The van der Waals surface area contributed by atoms with Gasteiger partial charge in [-0.2, -0.15) is 0 Å². The van der Waals surface area contributed by atoms with Crippen LogP contribution in [0.3, 0.4) is 0 Å². The van der Waals surface area contributed by atoms with Gasteiger partial charge in [0.05, 0.1) is 6.61 Å². The van der Waals surface area contributed by atoms with Crippen molar-refractivity contribution >= 4 is 5.97 Å². The molecule has 2 unspecified atom stereocenters. The van der Waals surface area contributed by atoms with Gasteiger partial charge in [-0.3, -0.25) is 4.79 Å². The van der Waals surface area contributed by atoms with Crippen molar-refractivity contribution in [2.45, 2.75) is 64.5 Å². The summed E-state index contributed by atoms with van der Waals surface area (Å²) in [5.74, 6) is -0.0773. The summed E-state index contributed by atoms with van der Waals surface area (Å²) < 4.78 is 5.24. The van der Waals surface area contributed by atoms with Crippen LogP contribution in [0.5, 0.6) is 0 Å². The Morgan fingerprint density at radius 3 is 2.68 bits per heavy atom. The van der Waals surface area contributed by atoms with E-state index in [9.17, 15) is 4.79 Å². The molecule has 0 saturated heterocycles. The van der Waals surface area contributed by atoms with E-state index in [0.717, 1.165) is 32.4 Å². The van der Waals surface area contributed by atoms with Gasteiger partial charge in [0.25, 0.3) is 0 Å². The van der Waals surface area contributed by atoms with Crippen molar-refractivity contribution in [3.63, 3.8) is 0 Å². The molecule has 0 radical (unpaired) electrons. The summed E-state index contributed by atoms with van der Waals surface area (Å²) in [5.41, 5.74) is -0.458. The summed E-state index contributed by atoms with van der Waals surface area (Å²) in [6, 6.07) is 0.508. The van der Waals surface area contributed by atoms with Crippen molar-refractivity contribution < 1.29 is 9.53 Å². The predicted molar refractivity (Wildman–Crippen MR) is 78.2 cm³/mol. The molecule has 0 heterocycles. The van der Waals surface area contributed by atoms with Crippen molar-refractivity contribution in [2.75, 3.05) is 26.7 Å². The number of rotatable bonds is 8. The Labute approximate surface area is 117 Å². The molecule has 0 aromatic rings. The van der Waals surface area contributed by atoms with Crippen molar-refractivity contribution in [2.24, 2.45) is 0 Å². The maximum absolute atomic E-state index is 12.2. The van der Waals surface area contributed by atoms with Crippen LogP contribution in [0.4, 0.5) is 0 Å². The van der Waals surface area contributed by atoms with Crippen molar-refractivity contribution in [1.29, 1.82) is 0 Å². The first-order chi connectivity index (χ1) is 9.13. The Kier molecular flexibility index (Phi) is 6.80. The highest BCUT2D eigenvalue weighted by Crippen LogP contribution is 2.34. The maximum atomic E-state index is 12.2. The third-order valence-electron chi connectivity index (χ3n) is 4.35. The molecule has 112 valence electrons. The van der Waals surface area contributed by atoms with Crippen LogP contribution in [0.25, 0.3) is 0 Å². The van der Waals surface area contributed by atoms with Gasteiger partial charge in [-0.1, -0.05) is 20.3 Å². The smallest absolute Gasteiger partial charge is 0.326 e. The van der Waals surface area contributed by atoms with Crippen LogP contribution < -0.4 is 5.32 Å². The number of esters is 1. The van der Waals surface area contributed by atoms with E-state index in [1.165, 1.54) is 12.8 Å². The molecule has 0 aromatic heterocycles. The van der Waals surface area contributed by atoms with E-state index >= 15 is 0 Å². The molecular weight excluding hydrogens is 240 g/mol. The minimum Gasteiger partial charge on any atom is -0.465 e. The Morgan fingerprint density at radius 2 is 2.16 bits per heavy atom. The van der Waals surface area contributed by atoms with Gasteiger partial charge in [0.1, 0.15) is 5.54 Å². The molecule has 0 amide bonds. The number of carbonyl (C=O) groups is 1. The molecule has 0 bridgehead atoms. The number of carbonyl (C=O) groups excluding carboxylic acids is 1. The number of likely N-dealkylation sites (N-methyl/N-ethyl adjacent to an activating group) is 1. The van der Waals surface area contributed by atoms with Gasteiger partial charge in [0.15, 0.2) is 0 Å². The zero-order valence-corrected chi connectivity index (χ0v) is 13.0. The largest absolute Gasteiger partial charge is 0.465 e. The molecule has 1 saturated carbocycles. The standard InChI is InChI=1S/C15H30N2O2/c1-5-8-11-17(6-2)13-9-10-15(12-13,16-4)14(18)19-7-3/h13,16H,5-12H2,1-4H3. The van der Waals surface area contributed by atoms with Crippen LogP contribution in [-0.4, -0.2) is 49.2 Å². The van der Waals surface area contributed by atoms with Crippen molar-refractivity contribution in [1.82, 2.24) is 10.2 Å². The van der Waals surface area contributed by atoms with Gasteiger partial charge in [-0.15, -0.1) is 0 Å². The van der Waals surface area contributed by atoms with E-state index in [1.807, 2.05) is 14.0 Å². The van der Waals surface area contributed by atoms with Crippen LogP contribution in [0.1, 0.15) is 52.9 Å². The molecule has 4 nitrogen and oxygen atoms in total. The van der Waals surface area contributed by atoms with Gasteiger partial charge >= 0.3 is 5.97 Å². The molecule has 0 aromatic carbocycles. The fraction of sp³-hybridized carbons (Fsp3) is 0.933. The van der Waals surface area contributed by atoms with Crippen LogP contribution >= 0.6 is 0 Å². The van der Waals surface area contributed by atoms with Gasteiger partial charge < -0.3 is 15.0 Å². The topological polar surface area (TPSA) is 41.6 Å². The lowest BCUT2D eigenvalue weighted by Gasteiger charge is -2.30. The summed E-state index contributed by atoms with van der Waals surface area (Å²) >= 11 is 0.